The number of methoxy groups -OCH3 is 2. The summed E-state index contributed by atoms with van der Waals surface area (Å²) in [5.74, 6) is 0.844. The quantitative estimate of drug-likeness (QED) is 0.252. The first-order valence-electron chi connectivity index (χ1n) is 15.4. The van der Waals surface area contributed by atoms with Crippen molar-refractivity contribution < 1.29 is 33.5 Å². The monoisotopic (exact) mass is 604 g/mol. The van der Waals surface area contributed by atoms with E-state index in [-0.39, 0.29) is 17.9 Å². The van der Waals surface area contributed by atoms with Gasteiger partial charge in [-0.05, 0) is 79.5 Å². The Morgan fingerprint density at radius 2 is 1.50 bits per heavy atom. The lowest BCUT2D eigenvalue weighted by Crippen LogP contribution is -2.54. The lowest BCUT2D eigenvalue weighted by molar-refractivity contribution is -0.173. The first kappa shape index (κ1) is 32.5. The van der Waals surface area contributed by atoms with Gasteiger partial charge in [0.25, 0.3) is 0 Å². The maximum Gasteiger partial charge on any atom is 0.164 e. The molecule has 2 bridgehead atoms. The number of rotatable bonds is 13. The fourth-order valence-electron chi connectivity index (χ4n) is 7.83. The van der Waals surface area contributed by atoms with Crippen LogP contribution in [0.25, 0.3) is 0 Å². The number of hydrogen-bond acceptors (Lipinski definition) is 7. The highest BCUT2D eigenvalue weighted by molar-refractivity contribution is 5.36. The van der Waals surface area contributed by atoms with Crippen molar-refractivity contribution in [3.8, 4) is 11.5 Å². The molecule has 3 fully saturated rings. The third-order valence-electron chi connectivity index (χ3n) is 10.4. The molecular weight excluding hydrogens is 556 g/mol. The van der Waals surface area contributed by atoms with Gasteiger partial charge < -0.3 is 33.5 Å². The second kappa shape index (κ2) is 12.1. The van der Waals surface area contributed by atoms with Crippen LogP contribution in [0.4, 0.5) is 0 Å². The van der Waals surface area contributed by atoms with E-state index in [0.29, 0.717) is 13.2 Å². The number of benzene rings is 2. The first-order valence-corrected chi connectivity index (χ1v) is 15.4. The summed E-state index contributed by atoms with van der Waals surface area (Å²) in [6.07, 6.45) is 8.23. The molecule has 0 radical (unpaired) electrons. The van der Waals surface area contributed by atoms with Crippen molar-refractivity contribution in [3.63, 3.8) is 0 Å². The molecule has 2 aromatic carbocycles. The van der Waals surface area contributed by atoms with Crippen LogP contribution in [0.15, 0.2) is 86.0 Å². The molecule has 238 valence electrons. The van der Waals surface area contributed by atoms with Crippen molar-refractivity contribution in [2.75, 3.05) is 20.8 Å². The minimum absolute atomic E-state index is 0.128. The fourth-order valence-corrected chi connectivity index (χ4v) is 7.83. The predicted octanol–water partition coefficient (Wildman–Crippen LogP) is 6.79. The van der Waals surface area contributed by atoms with Crippen molar-refractivity contribution in [3.05, 3.63) is 97.1 Å². The van der Waals surface area contributed by atoms with Crippen LogP contribution in [-0.4, -0.2) is 55.1 Å². The van der Waals surface area contributed by atoms with Crippen molar-refractivity contribution in [2.24, 2.45) is 16.7 Å². The molecule has 0 aromatic heterocycles. The van der Waals surface area contributed by atoms with Crippen LogP contribution in [0.2, 0.25) is 0 Å². The second-order valence-electron chi connectivity index (χ2n) is 13.3. The molecular formula is C37H48O7. The number of hydrogen-bond donors (Lipinski definition) is 1. The summed E-state index contributed by atoms with van der Waals surface area (Å²) in [6, 6.07) is 15.6. The van der Waals surface area contributed by atoms with Crippen LogP contribution >= 0.6 is 0 Å². The standard InChI is InChI=1S/C37H48O7/c1-9-31(41-23-26-11-15-28(39-7)16-12-26)35(25-43-34(5,6)44-35)21-22-37(38)32(30-19-20-36(37,10-2)33(30,3)4)42-24-27-13-17-29(40-8)18-14-27/h9-18,21-22,30-32,38H,1-2,19-20,23-25H2,3-8H3/b22-21-/t30?,31-,32-,35+,36?,37-/m1/s1. The van der Waals surface area contributed by atoms with Crippen molar-refractivity contribution in [1.82, 2.24) is 0 Å². The Hall–Kier alpha value is -2.94. The predicted molar refractivity (Wildman–Crippen MR) is 170 cm³/mol. The summed E-state index contributed by atoms with van der Waals surface area (Å²) >= 11 is 0. The van der Waals surface area contributed by atoms with Gasteiger partial charge in [0.1, 0.15) is 28.8 Å². The molecule has 2 aliphatic carbocycles. The van der Waals surface area contributed by atoms with Crippen LogP contribution in [0.1, 0.15) is 51.7 Å². The van der Waals surface area contributed by atoms with Gasteiger partial charge in [-0.2, -0.15) is 0 Å². The molecule has 1 saturated heterocycles. The van der Waals surface area contributed by atoms with Crippen LogP contribution in [0, 0.1) is 16.7 Å². The largest absolute Gasteiger partial charge is 0.497 e. The molecule has 7 nitrogen and oxygen atoms in total. The SMILES string of the molecule is C=C[C@@H](OCc1ccc(OC)cc1)[C@]1(/C=C\[C@@]2(O)[C@H](OCc3ccc(OC)cc3)C3CCC2(C=C)C3(C)C)COC(C)(C)O1. The molecule has 7 heteroatoms. The van der Waals surface area contributed by atoms with E-state index in [9.17, 15) is 5.11 Å². The Balaban J connectivity index is 1.46. The molecule has 2 unspecified atom stereocenters. The highest BCUT2D eigenvalue weighted by Gasteiger charge is 2.74. The highest BCUT2D eigenvalue weighted by Crippen LogP contribution is 2.71. The summed E-state index contributed by atoms with van der Waals surface area (Å²) in [5.41, 5.74) is -1.23. The zero-order valence-electron chi connectivity index (χ0n) is 27.0. The molecule has 2 aromatic rings. The van der Waals surface area contributed by atoms with Crippen molar-refractivity contribution >= 4 is 0 Å². The average Bonchev–Trinajstić information content (AvgIpc) is 3.53. The maximum atomic E-state index is 12.8. The molecule has 1 N–H and O–H groups in total. The van der Waals surface area contributed by atoms with E-state index >= 15 is 0 Å². The van der Waals surface area contributed by atoms with Crippen LogP contribution in [0.5, 0.6) is 11.5 Å². The molecule has 0 spiro atoms. The smallest absolute Gasteiger partial charge is 0.164 e. The van der Waals surface area contributed by atoms with Gasteiger partial charge in [-0.3, -0.25) is 0 Å². The molecule has 0 amide bonds. The van der Waals surface area contributed by atoms with Crippen molar-refractivity contribution in [1.29, 1.82) is 0 Å². The van der Waals surface area contributed by atoms with Gasteiger partial charge in [0.15, 0.2) is 5.79 Å². The zero-order chi connectivity index (χ0) is 31.8. The Morgan fingerprint density at radius 1 is 0.909 bits per heavy atom. The molecule has 6 atom stereocenters. The van der Waals surface area contributed by atoms with Crippen LogP contribution < -0.4 is 9.47 Å². The van der Waals surface area contributed by atoms with Gasteiger partial charge in [0.05, 0.1) is 40.1 Å². The summed E-state index contributed by atoms with van der Waals surface area (Å²) < 4.78 is 36.4. The summed E-state index contributed by atoms with van der Waals surface area (Å²) in [7, 11) is 3.29. The molecule has 2 saturated carbocycles. The minimum atomic E-state index is -1.35. The number of fused-ring (bicyclic) bond motifs is 2. The average molecular weight is 605 g/mol. The molecule has 5 rings (SSSR count). The minimum Gasteiger partial charge on any atom is -0.497 e. The van der Waals surface area contributed by atoms with Crippen molar-refractivity contribution in [2.45, 2.75) is 82.9 Å². The van der Waals surface area contributed by atoms with E-state index in [1.165, 1.54) is 0 Å². The van der Waals surface area contributed by atoms with E-state index in [2.05, 4.69) is 27.0 Å². The Kier molecular flexibility index (Phi) is 8.93. The Morgan fingerprint density at radius 3 is 2.00 bits per heavy atom. The first-order chi connectivity index (χ1) is 20.9. The van der Waals surface area contributed by atoms with Gasteiger partial charge in [-0.1, -0.05) is 56.3 Å². The molecule has 1 aliphatic heterocycles. The second-order valence-corrected chi connectivity index (χ2v) is 13.3. The Bertz CT molecular complexity index is 1350. The molecule has 1 heterocycles. The third kappa shape index (κ3) is 5.43. The lowest BCUT2D eigenvalue weighted by Gasteiger charge is -2.46. The van der Waals surface area contributed by atoms with Gasteiger partial charge in [-0.15, -0.1) is 13.2 Å². The Labute approximate surface area is 262 Å². The van der Waals surface area contributed by atoms with E-state index in [0.717, 1.165) is 35.5 Å². The number of ether oxygens (including phenoxy) is 6. The van der Waals surface area contributed by atoms with E-state index in [1.807, 2.05) is 80.6 Å². The van der Waals surface area contributed by atoms with Crippen LogP contribution in [-0.2, 0) is 32.2 Å². The highest BCUT2D eigenvalue weighted by atomic mass is 16.8. The van der Waals surface area contributed by atoms with E-state index < -0.39 is 34.6 Å². The maximum absolute atomic E-state index is 12.8. The van der Waals surface area contributed by atoms with Crippen LogP contribution in [0.3, 0.4) is 0 Å². The van der Waals surface area contributed by atoms with Gasteiger partial charge in [0.2, 0.25) is 0 Å². The summed E-state index contributed by atoms with van der Waals surface area (Å²) in [4.78, 5) is 0. The summed E-state index contributed by atoms with van der Waals surface area (Å²) in [6.45, 7) is 17.5. The van der Waals surface area contributed by atoms with E-state index in [4.69, 9.17) is 28.4 Å². The zero-order valence-corrected chi connectivity index (χ0v) is 27.0. The van der Waals surface area contributed by atoms with Gasteiger partial charge in [-0.25, -0.2) is 0 Å². The molecule has 44 heavy (non-hydrogen) atoms. The molecule has 3 aliphatic rings. The summed E-state index contributed by atoms with van der Waals surface area (Å²) in [5, 5.41) is 12.8. The van der Waals surface area contributed by atoms with Gasteiger partial charge >= 0.3 is 0 Å². The number of aliphatic hydroxyl groups is 1. The van der Waals surface area contributed by atoms with E-state index in [1.54, 1.807) is 20.3 Å². The topological polar surface area (TPSA) is 75.6 Å². The third-order valence-corrected chi connectivity index (χ3v) is 10.4. The lowest BCUT2D eigenvalue weighted by atomic mass is 9.62. The normalized spacial score (nSPS) is 32.5. The fraction of sp³-hybridized carbons (Fsp3) is 0.514. The van der Waals surface area contributed by atoms with Gasteiger partial charge in [0, 0.05) is 5.41 Å².